The number of piperidine rings is 1. The molecule has 0 aliphatic carbocycles. The fourth-order valence-corrected chi connectivity index (χ4v) is 4.60. The minimum Gasteiger partial charge on any atom is -0.444 e. The van der Waals surface area contributed by atoms with E-state index < -0.39 is 35.6 Å². The number of hydrogen-bond donors (Lipinski definition) is 4. The van der Waals surface area contributed by atoms with Crippen molar-refractivity contribution in [3.05, 3.63) is 35.9 Å². The molecule has 196 valence electrons. The Kier molecular flexibility index (Phi) is 7.65. The van der Waals surface area contributed by atoms with Crippen LogP contribution in [0.3, 0.4) is 0 Å². The Hall–Kier alpha value is -3.38. The predicted octanol–water partition coefficient (Wildman–Crippen LogP) is 0.789. The third-order valence-corrected chi connectivity index (χ3v) is 6.32. The Labute approximate surface area is 209 Å². The molecular formula is C24H34N6O6. The summed E-state index contributed by atoms with van der Waals surface area (Å²) in [6.45, 7) is 6.38. The zero-order valence-corrected chi connectivity index (χ0v) is 20.8. The molecule has 4 unspecified atom stereocenters. The monoisotopic (exact) mass is 502 g/mol. The van der Waals surface area contributed by atoms with E-state index in [0.29, 0.717) is 32.4 Å². The van der Waals surface area contributed by atoms with Crippen molar-refractivity contribution in [2.75, 3.05) is 13.1 Å². The smallest absolute Gasteiger partial charge is 0.407 e. The first-order valence-electron chi connectivity index (χ1n) is 12.2. The van der Waals surface area contributed by atoms with Crippen LogP contribution in [0.4, 0.5) is 9.59 Å². The SMILES string of the molecule is CC(C)(C)OC(=O)NC1CNC(C(=O)NNC(=O)C2CCC3CN2C(=O)N3OCc2ccccc2)C1. The van der Waals surface area contributed by atoms with Crippen molar-refractivity contribution in [2.45, 2.75) is 76.4 Å². The van der Waals surface area contributed by atoms with Crippen molar-refractivity contribution in [1.82, 2.24) is 31.4 Å². The van der Waals surface area contributed by atoms with Crippen molar-refractivity contribution in [3.8, 4) is 0 Å². The average Bonchev–Trinajstić information content (AvgIpc) is 3.38. The molecule has 4 rings (SSSR count). The van der Waals surface area contributed by atoms with Gasteiger partial charge in [-0.15, -0.1) is 0 Å². The number of hydrogen-bond acceptors (Lipinski definition) is 7. The Bertz CT molecular complexity index is 983. The Balaban J connectivity index is 1.22. The van der Waals surface area contributed by atoms with Gasteiger partial charge in [0, 0.05) is 19.1 Å². The van der Waals surface area contributed by atoms with Gasteiger partial charge >= 0.3 is 12.1 Å². The van der Waals surface area contributed by atoms with E-state index >= 15 is 0 Å². The number of ether oxygens (including phenoxy) is 1. The number of nitrogens with one attached hydrogen (secondary N) is 4. The van der Waals surface area contributed by atoms with Crippen molar-refractivity contribution < 1.29 is 28.8 Å². The number of urea groups is 1. The first-order chi connectivity index (χ1) is 17.1. The van der Waals surface area contributed by atoms with Crippen LogP contribution in [-0.4, -0.2) is 76.8 Å². The topological polar surface area (TPSA) is 141 Å². The van der Waals surface area contributed by atoms with Gasteiger partial charge in [-0.2, -0.15) is 5.06 Å². The maximum absolute atomic E-state index is 12.9. The minimum absolute atomic E-state index is 0.114. The Morgan fingerprint density at radius 1 is 1.08 bits per heavy atom. The van der Waals surface area contributed by atoms with E-state index in [2.05, 4.69) is 21.5 Å². The lowest BCUT2D eigenvalue weighted by atomic mass is 10.0. The number of carbonyl (C=O) groups excluding carboxylic acids is 4. The Morgan fingerprint density at radius 3 is 2.53 bits per heavy atom. The molecule has 0 spiro atoms. The predicted molar refractivity (Wildman–Crippen MR) is 128 cm³/mol. The highest BCUT2D eigenvalue weighted by molar-refractivity contribution is 5.91. The highest BCUT2D eigenvalue weighted by atomic mass is 16.7. The summed E-state index contributed by atoms with van der Waals surface area (Å²) >= 11 is 0. The molecule has 5 amide bonds. The number of benzene rings is 1. The highest BCUT2D eigenvalue weighted by Crippen LogP contribution is 2.30. The molecule has 4 N–H and O–H groups in total. The number of rotatable bonds is 6. The molecule has 3 aliphatic heterocycles. The maximum atomic E-state index is 12.9. The second-order valence-corrected chi connectivity index (χ2v) is 10.3. The molecule has 0 saturated carbocycles. The van der Waals surface area contributed by atoms with Gasteiger partial charge in [-0.25, -0.2) is 9.59 Å². The van der Waals surface area contributed by atoms with Crippen LogP contribution >= 0.6 is 0 Å². The van der Waals surface area contributed by atoms with Gasteiger partial charge in [-0.1, -0.05) is 30.3 Å². The molecule has 12 nitrogen and oxygen atoms in total. The summed E-state index contributed by atoms with van der Waals surface area (Å²) in [5, 5.41) is 7.12. The average molecular weight is 503 g/mol. The van der Waals surface area contributed by atoms with Gasteiger partial charge in [0.25, 0.3) is 11.8 Å². The molecule has 2 bridgehead atoms. The molecule has 36 heavy (non-hydrogen) atoms. The van der Waals surface area contributed by atoms with Crippen molar-refractivity contribution in [1.29, 1.82) is 0 Å². The van der Waals surface area contributed by atoms with Crippen LogP contribution in [0, 0.1) is 0 Å². The number of fused-ring (bicyclic) bond motifs is 2. The van der Waals surface area contributed by atoms with Crippen LogP contribution in [0.15, 0.2) is 30.3 Å². The molecule has 3 aliphatic rings. The van der Waals surface area contributed by atoms with Crippen LogP contribution in [0.1, 0.15) is 45.6 Å². The molecule has 12 heteroatoms. The number of alkyl carbamates (subject to hydrolysis) is 1. The maximum Gasteiger partial charge on any atom is 0.407 e. The molecule has 1 aromatic rings. The standard InChI is InChI=1S/C24H34N6O6/c1-24(2,3)36-22(33)26-16-11-18(25-12-16)20(31)27-28-21(32)19-10-9-17-13-29(19)23(34)30(17)35-14-15-7-5-4-6-8-15/h4-8,16-19,25H,9-14H2,1-3H3,(H,26,33)(H,27,31)(H,28,32). The highest BCUT2D eigenvalue weighted by Gasteiger charge is 2.48. The van der Waals surface area contributed by atoms with Crippen LogP contribution in [0.5, 0.6) is 0 Å². The quantitative estimate of drug-likeness (QED) is 0.422. The van der Waals surface area contributed by atoms with Crippen LogP contribution in [0.25, 0.3) is 0 Å². The van der Waals surface area contributed by atoms with E-state index in [1.165, 1.54) is 9.96 Å². The second-order valence-electron chi connectivity index (χ2n) is 10.3. The zero-order valence-electron chi connectivity index (χ0n) is 20.8. The normalized spacial score (nSPS) is 25.5. The lowest BCUT2D eigenvalue weighted by Crippen LogP contribution is -2.56. The summed E-state index contributed by atoms with van der Waals surface area (Å²) in [5.41, 5.74) is 5.22. The molecular weight excluding hydrogens is 468 g/mol. The molecule has 0 radical (unpaired) electrons. The molecule has 3 fully saturated rings. The fourth-order valence-electron chi connectivity index (χ4n) is 4.60. The van der Waals surface area contributed by atoms with E-state index in [1.807, 2.05) is 30.3 Å². The van der Waals surface area contributed by atoms with Gasteiger partial charge in [-0.3, -0.25) is 25.3 Å². The molecule has 4 atom stereocenters. The third kappa shape index (κ3) is 6.24. The number of hydroxylamine groups is 2. The summed E-state index contributed by atoms with van der Waals surface area (Å²) < 4.78 is 5.24. The van der Waals surface area contributed by atoms with Gasteiger partial charge in [0.15, 0.2) is 0 Å². The Morgan fingerprint density at radius 2 is 1.81 bits per heavy atom. The van der Waals surface area contributed by atoms with Gasteiger partial charge in [0.1, 0.15) is 18.2 Å². The van der Waals surface area contributed by atoms with E-state index in [-0.39, 0.29) is 24.7 Å². The summed E-state index contributed by atoms with van der Waals surface area (Å²) in [6.07, 6.45) is 0.888. The molecule has 0 aromatic heterocycles. The number of hydrazine groups is 1. The largest absolute Gasteiger partial charge is 0.444 e. The van der Waals surface area contributed by atoms with E-state index in [9.17, 15) is 19.2 Å². The van der Waals surface area contributed by atoms with Gasteiger partial charge in [0.2, 0.25) is 0 Å². The van der Waals surface area contributed by atoms with Crippen LogP contribution in [0.2, 0.25) is 0 Å². The lowest BCUT2D eigenvalue weighted by Gasteiger charge is -2.29. The van der Waals surface area contributed by atoms with Gasteiger partial charge in [-0.05, 0) is 45.6 Å². The fraction of sp³-hybridized carbons (Fsp3) is 0.583. The molecule has 3 saturated heterocycles. The number of nitrogens with zero attached hydrogens (tertiary/aromatic N) is 2. The summed E-state index contributed by atoms with van der Waals surface area (Å²) in [4.78, 5) is 57.4. The number of amides is 5. The van der Waals surface area contributed by atoms with Crippen molar-refractivity contribution in [3.63, 3.8) is 0 Å². The van der Waals surface area contributed by atoms with Crippen LogP contribution in [-0.2, 0) is 25.8 Å². The summed E-state index contributed by atoms with van der Waals surface area (Å²) in [6, 6.07) is 7.53. The molecule has 3 heterocycles. The van der Waals surface area contributed by atoms with E-state index in [1.54, 1.807) is 20.8 Å². The summed E-state index contributed by atoms with van der Waals surface area (Å²) in [5.74, 6) is -0.882. The van der Waals surface area contributed by atoms with Crippen molar-refractivity contribution >= 4 is 23.9 Å². The minimum atomic E-state index is -0.697. The van der Waals surface area contributed by atoms with Gasteiger partial charge < -0.3 is 20.3 Å². The first kappa shape index (κ1) is 25.7. The third-order valence-electron chi connectivity index (χ3n) is 6.32. The molecule has 1 aromatic carbocycles. The lowest BCUT2D eigenvalue weighted by molar-refractivity contribution is -0.140. The van der Waals surface area contributed by atoms with Gasteiger partial charge in [0.05, 0.1) is 12.1 Å². The second kappa shape index (κ2) is 10.7. The number of carbonyl (C=O) groups is 4. The summed E-state index contributed by atoms with van der Waals surface area (Å²) in [7, 11) is 0. The van der Waals surface area contributed by atoms with E-state index in [4.69, 9.17) is 9.57 Å². The first-order valence-corrected chi connectivity index (χ1v) is 12.2. The van der Waals surface area contributed by atoms with E-state index in [0.717, 1.165) is 5.56 Å². The van der Waals surface area contributed by atoms with Crippen molar-refractivity contribution in [2.24, 2.45) is 0 Å². The van der Waals surface area contributed by atoms with Crippen LogP contribution < -0.4 is 21.5 Å². The zero-order chi connectivity index (χ0) is 25.9.